The fourth-order valence-corrected chi connectivity index (χ4v) is 3.57. The van der Waals surface area contributed by atoms with Crippen molar-refractivity contribution >= 4 is 40.4 Å². The molecular weight excluding hydrogens is 353 g/mol. The number of thiophene rings is 1. The molecule has 1 amide bonds. The molecule has 0 bridgehead atoms. The van der Waals surface area contributed by atoms with E-state index in [1.54, 1.807) is 6.07 Å². The first kappa shape index (κ1) is 16.1. The minimum atomic E-state index is -0.222. The summed E-state index contributed by atoms with van der Waals surface area (Å²) in [5, 5.41) is 7.32. The Labute approximate surface area is 147 Å². The number of aromatic nitrogens is 2. The monoisotopic (exact) mass is 365 g/mol. The number of nitrogens with one attached hydrogen (secondary N) is 1. The average molecular weight is 366 g/mol. The van der Waals surface area contributed by atoms with Gasteiger partial charge in [-0.15, -0.1) is 11.3 Å². The first-order chi connectivity index (χ1) is 11.1. The molecule has 0 radical (unpaired) electrons. The second kappa shape index (κ2) is 7.17. The third-order valence-electron chi connectivity index (χ3n) is 3.23. The maximum atomic E-state index is 12.0. The predicted octanol–water partition coefficient (Wildman–Crippen LogP) is 4.21. The minimum absolute atomic E-state index is 0.222. The second-order valence-electron chi connectivity index (χ2n) is 4.83. The number of amides is 1. The summed E-state index contributed by atoms with van der Waals surface area (Å²) in [6.07, 6.45) is 2.54. The van der Waals surface area contributed by atoms with Gasteiger partial charge in [0, 0.05) is 19.2 Å². The molecule has 118 valence electrons. The molecule has 0 spiro atoms. The molecule has 2 heterocycles. The standard InChI is InChI=1S/C16H13Cl2N3OS/c17-14-10-13(15(18)23-14)16(22)19-8-6-11-7-9-21(20-11)12-4-2-1-3-5-12/h1-5,7,9-10H,6,8H2,(H,19,22). The molecular formula is C16H13Cl2N3OS. The first-order valence-corrected chi connectivity index (χ1v) is 8.54. The molecule has 0 aliphatic heterocycles. The summed E-state index contributed by atoms with van der Waals surface area (Å²) in [5.41, 5.74) is 2.32. The predicted molar refractivity (Wildman–Crippen MR) is 93.9 cm³/mol. The van der Waals surface area contributed by atoms with E-state index in [4.69, 9.17) is 23.2 Å². The van der Waals surface area contributed by atoms with Gasteiger partial charge in [-0.1, -0.05) is 41.4 Å². The first-order valence-electron chi connectivity index (χ1n) is 6.96. The van der Waals surface area contributed by atoms with E-state index >= 15 is 0 Å². The summed E-state index contributed by atoms with van der Waals surface area (Å²) in [6.45, 7) is 0.481. The van der Waals surface area contributed by atoms with Crippen molar-refractivity contribution in [3.63, 3.8) is 0 Å². The van der Waals surface area contributed by atoms with Crippen LogP contribution in [0.5, 0.6) is 0 Å². The molecule has 4 nitrogen and oxygen atoms in total. The molecule has 0 saturated carbocycles. The Morgan fingerprint density at radius 1 is 1.22 bits per heavy atom. The van der Waals surface area contributed by atoms with Crippen LogP contribution in [0.2, 0.25) is 8.67 Å². The van der Waals surface area contributed by atoms with Crippen LogP contribution in [0.4, 0.5) is 0 Å². The number of benzene rings is 1. The highest BCUT2D eigenvalue weighted by Gasteiger charge is 2.13. The molecule has 0 fully saturated rings. The van der Waals surface area contributed by atoms with Gasteiger partial charge >= 0.3 is 0 Å². The molecule has 0 aliphatic carbocycles. The van der Waals surface area contributed by atoms with E-state index in [0.29, 0.717) is 27.2 Å². The Morgan fingerprint density at radius 2 is 2.00 bits per heavy atom. The summed E-state index contributed by atoms with van der Waals surface area (Å²) < 4.78 is 2.72. The van der Waals surface area contributed by atoms with Crippen molar-refractivity contribution in [1.82, 2.24) is 15.1 Å². The molecule has 1 N–H and O–H groups in total. The lowest BCUT2D eigenvalue weighted by atomic mass is 10.3. The molecule has 1 aromatic carbocycles. The van der Waals surface area contributed by atoms with Crippen molar-refractivity contribution in [2.45, 2.75) is 6.42 Å². The summed E-state index contributed by atoms with van der Waals surface area (Å²) in [4.78, 5) is 12.0. The van der Waals surface area contributed by atoms with Crippen LogP contribution < -0.4 is 5.32 Å². The number of para-hydroxylation sites is 1. The van der Waals surface area contributed by atoms with Crippen LogP contribution in [0.25, 0.3) is 5.69 Å². The molecule has 0 saturated heterocycles. The van der Waals surface area contributed by atoms with Gasteiger partial charge in [0.05, 0.1) is 21.3 Å². The van der Waals surface area contributed by atoms with Crippen molar-refractivity contribution in [3.05, 3.63) is 68.6 Å². The zero-order valence-corrected chi connectivity index (χ0v) is 14.3. The van der Waals surface area contributed by atoms with Gasteiger partial charge in [-0.2, -0.15) is 5.10 Å². The lowest BCUT2D eigenvalue weighted by Crippen LogP contribution is -2.25. The van der Waals surface area contributed by atoms with Crippen LogP contribution in [0.15, 0.2) is 48.7 Å². The number of rotatable bonds is 5. The van der Waals surface area contributed by atoms with E-state index in [0.717, 1.165) is 11.4 Å². The van der Waals surface area contributed by atoms with Gasteiger partial charge in [0.2, 0.25) is 0 Å². The highest BCUT2D eigenvalue weighted by atomic mass is 35.5. The summed E-state index contributed by atoms with van der Waals surface area (Å²) in [6, 6.07) is 13.4. The Balaban J connectivity index is 1.56. The molecule has 7 heteroatoms. The third-order valence-corrected chi connectivity index (χ3v) is 4.72. The van der Waals surface area contributed by atoms with Crippen molar-refractivity contribution in [2.24, 2.45) is 0 Å². The maximum Gasteiger partial charge on any atom is 0.253 e. The summed E-state index contributed by atoms with van der Waals surface area (Å²) >= 11 is 13.0. The van der Waals surface area contributed by atoms with Crippen LogP contribution >= 0.6 is 34.5 Å². The smallest absolute Gasteiger partial charge is 0.253 e. The fourth-order valence-electron chi connectivity index (χ4n) is 2.11. The SMILES string of the molecule is O=C(NCCc1ccn(-c2ccccc2)n1)c1cc(Cl)sc1Cl. The van der Waals surface area contributed by atoms with E-state index in [2.05, 4.69) is 10.4 Å². The quantitative estimate of drug-likeness (QED) is 0.735. The highest BCUT2D eigenvalue weighted by Crippen LogP contribution is 2.30. The second-order valence-corrected chi connectivity index (χ2v) is 7.12. The number of nitrogens with zero attached hydrogens (tertiary/aromatic N) is 2. The normalized spacial score (nSPS) is 10.7. The van der Waals surface area contributed by atoms with Crippen molar-refractivity contribution in [3.8, 4) is 5.69 Å². The molecule has 23 heavy (non-hydrogen) atoms. The average Bonchev–Trinajstić information content (AvgIpc) is 3.14. The number of carbonyl (C=O) groups excluding carboxylic acids is 1. The lowest BCUT2D eigenvalue weighted by Gasteiger charge is -2.03. The van der Waals surface area contributed by atoms with E-state index < -0.39 is 0 Å². The van der Waals surface area contributed by atoms with Gasteiger partial charge in [-0.05, 0) is 24.3 Å². The Bertz CT molecular complexity index is 814. The van der Waals surface area contributed by atoms with Gasteiger partial charge in [0.1, 0.15) is 4.34 Å². The van der Waals surface area contributed by atoms with Crippen molar-refractivity contribution in [1.29, 1.82) is 0 Å². The van der Waals surface area contributed by atoms with Crippen LogP contribution in [-0.2, 0) is 6.42 Å². The topological polar surface area (TPSA) is 46.9 Å². The number of carbonyl (C=O) groups is 1. The third kappa shape index (κ3) is 3.93. The van der Waals surface area contributed by atoms with Crippen LogP contribution in [0.1, 0.15) is 16.1 Å². The molecule has 3 aromatic rings. The van der Waals surface area contributed by atoms with E-state index in [1.165, 1.54) is 11.3 Å². The Hall–Kier alpha value is -1.82. The maximum absolute atomic E-state index is 12.0. The minimum Gasteiger partial charge on any atom is -0.352 e. The van der Waals surface area contributed by atoms with Crippen molar-refractivity contribution in [2.75, 3.05) is 6.54 Å². The molecule has 3 rings (SSSR count). The summed E-state index contributed by atoms with van der Waals surface area (Å²) in [5.74, 6) is -0.222. The fraction of sp³-hybridized carbons (Fsp3) is 0.125. The number of hydrogen-bond donors (Lipinski definition) is 1. The summed E-state index contributed by atoms with van der Waals surface area (Å²) in [7, 11) is 0. The van der Waals surface area contributed by atoms with E-state index in [9.17, 15) is 4.79 Å². The molecule has 0 atom stereocenters. The van der Waals surface area contributed by atoms with Gasteiger partial charge in [0.15, 0.2) is 0 Å². The zero-order valence-electron chi connectivity index (χ0n) is 12.0. The largest absolute Gasteiger partial charge is 0.352 e. The number of hydrogen-bond acceptors (Lipinski definition) is 3. The van der Waals surface area contributed by atoms with Crippen LogP contribution in [-0.4, -0.2) is 22.2 Å². The zero-order chi connectivity index (χ0) is 16.2. The lowest BCUT2D eigenvalue weighted by molar-refractivity contribution is 0.0954. The Kier molecular flexibility index (Phi) is 5.00. The highest BCUT2D eigenvalue weighted by molar-refractivity contribution is 7.20. The molecule has 0 aliphatic rings. The van der Waals surface area contributed by atoms with Gasteiger partial charge in [-0.3, -0.25) is 4.79 Å². The molecule has 2 aromatic heterocycles. The Morgan fingerprint density at radius 3 is 2.70 bits per heavy atom. The molecule has 0 unspecified atom stereocenters. The van der Waals surface area contributed by atoms with Gasteiger partial charge in [0.25, 0.3) is 5.91 Å². The van der Waals surface area contributed by atoms with Crippen LogP contribution in [0, 0.1) is 0 Å². The van der Waals surface area contributed by atoms with Gasteiger partial charge in [-0.25, -0.2) is 4.68 Å². The van der Waals surface area contributed by atoms with Gasteiger partial charge < -0.3 is 5.32 Å². The van der Waals surface area contributed by atoms with Crippen molar-refractivity contribution < 1.29 is 4.79 Å². The van der Waals surface area contributed by atoms with E-state index in [-0.39, 0.29) is 5.91 Å². The van der Waals surface area contributed by atoms with E-state index in [1.807, 2.05) is 47.3 Å². The number of halogens is 2. The van der Waals surface area contributed by atoms with Crippen LogP contribution in [0.3, 0.4) is 0 Å².